The number of unbranched alkanes of at least 4 members (excludes halogenated alkanes) is 1. The van der Waals surface area contributed by atoms with E-state index in [0.717, 1.165) is 30.5 Å². The fourth-order valence-electron chi connectivity index (χ4n) is 8.87. The zero-order valence-electron chi connectivity index (χ0n) is 40.3. The minimum absolute atomic E-state index is 0.00961. The number of nitrogens with one attached hydrogen (secondary N) is 2. The summed E-state index contributed by atoms with van der Waals surface area (Å²) in [6.07, 6.45) is -10.6. The van der Waals surface area contributed by atoms with Crippen LogP contribution in [0.4, 0.5) is 50.9 Å². The van der Waals surface area contributed by atoms with Crippen LogP contribution in [0.15, 0.2) is 66.9 Å². The van der Waals surface area contributed by atoms with E-state index in [4.69, 9.17) is 31.7 Å². The van der Waals surface area contributed by atoms with Crippen molar-refractivity contribution in [2.24, 2.45) is 5.41 Å². The summed E-state index contributed by atoms with van der Waals surface area (Å²) in [4.78, 5) is 47.2. The summed E-state index contributed by atoms with van der Waals surface area (Å²) < 4.78 is 148. The van der Waals surface area contributed by atoms with Gasteiger partial charge in [0.05, 0.1) is 59.2 Å². The van der Waals surface area contributed by atoms with Crippen LogP contribution < -0.4 is 25.2 Å². The maximum absolute atomic E-state index is 15.5. The molecule has 5 atom stereocenters. The van der Waals surface area contributed by atoms with Gasteiger partial charge >= 0.3 is 12.4 Å². The lowest BCUT2D eigenvalue weighted by atomic mass is 9.85. The van der Waals surface area contributed by atoms with Gasteiger partial charge in [-0.25, -0.2) is 13.2 Å². The number of nitrogens with zero attached hydrogens (tertiary/aromatic N) is 5. The van der Waals surface area contributed by atoms with E-state index in [9.17, 15) is 45.8 Å². The Hall–Kier alpha value is -6.39. The van der Waals surface area contributed by atoms with Crippen molar-refractivity contribution in [3.05, 3.63) is 107 Å². The second kappa shape index (κ2) is 21.5. The molecule has 0 radical (unpaired) electrons. The number of halogens is 9. The van der Waals surface area contributed by atoms with Crippen molar-refractivity contribution in [2.45, 2.75) is 109 Å². The number of anilines is 2. The van der Waals surface area contributed by atoms with Crippen molar-refractivity contribution >= 4 is 46.4 Å². The van der Waals surface area contributed by atoms with Crippen LogP contribution in [0.5, 0.6) is 5.75 Å². The molecule has 3 aliphatic heterocycles. The number of hydrogen-bond acceptors (Lipinski definition) is 11. The van der Waals surface area contributed by atoms with E-state index in [2.05, 4.69) is 15.6 Å². The number of benzene rings is 3. The molecule has 3 aliphatic rings. The number of aromatic nitrogens is 1. The van der Waals surface area contributed by atoms with E-state index in [1.807, 2.05) is 30.3 Å². The molecule has 4 aromatic rings. The van der Waals surface area contributed by atoms with Crippen molar-refractivity contribution in [1.82, 2.24) is 20.5 Å². The lowest BCUT2D eigenvalue weighted by Gasteiger charge is -2.35. The van der Waals surface area contributed by atoms with Crippen LogP contribution in [-0.4, -0.2) is 100 Å². The maximum Gasteiger partial charge on any atom is 0.420 e. The summed E-state index contributed by atoms with van der Waals surface area (Å²) in [6, 6.07) is 12.4. The molecule has 3 N–H and O–H groups in total. The predicted molar refractivity (Wildman–Crippen MR) is 252 cm³/mol. The van der Waals surface area contributed by atoms with Gasteiger partial charge in [0.1, 0.15) is 36.1 Å². The minimum atomic E-state index is -5.39. The number of hydrogen-bond donors (Lipinski definition) is 3. The molecule has 0 bridgehead atoms. The molecule has 0 aliphatic carbocycles. The first-order valence-corrected chi connectivity index (χ1v) is 23.5. The number of rotatable bonds is 17. The minimum Gasteiger partial charge on any atom is -0.488 e. The molecule has 24 heteroatoms. The van der Waals surface area contributed by atoms with Gasteiger partial charge in [0.25, 0.3) is 5.91 Å². The van der Waals surface area contributed by atoms with Crippen molar-refractivity contribution in [3.63, 3.8) is 0 Å². The summed E-state index contributed by atoms with van der Waals surface area (Å²) in [5, 5.41) is 25.0. The van der Waals surface area contributed by atoms with E-state index in [0.29, 0.717) is 48.2 Å². The highest BCUT2D eigenvalue weighted by molar-refractivity contribution is 7.81. The summed E-state index contributed by atoms with van der Waals surface area (Å²) in [6.45, 7) is 7.55. The SMILES string of the molecule is CC(C)(C)[C@H](NC(=O)COCCCCOc1c(F)cc(-c2ncc(N3C(=S)N(c4ccc(C#N)c(C(F)(F)F)c4F)C(=O)C3(C)C)cc2C(F)(F)F)cc1F)C(=O)N1C[C@H](O)C[C@H]1C1OC1NCc1ccccc1. The predicted octanol–water partition coefficient (Wildman–Crippen LogP) is 8.17. The molecule has 3 fully saturated rings. The molecule has 3 saturated heterocycles. The molecular weight excluding hydrogens is 1010 g/mol. The van der Waals surface area contributed by atoms with Crippen LogP contribution >= 0.6 is 12.2 Å². The van der Waals surface area contributed by atoms with Crippen molar-refractivity contribution in [2.75, 3.05) is 36.2 Å². The summed E-state index contributed by atoms with van der Waals surface area (Å²) in [5.41, 5.74) is -9.49. The van der Waals surface area contributed by atoms with Crippen LogP contribution in [0, 0.1) is 34.2 Å². The summed E-state index contributed by atoms with van der Waals surface area (Å²) in [5.74, 6) is -7.85. The molecule has 1 aromatic heterocycles. The fraction of sp³-hybridized carbons (Fsp3) is 0.440. The average molecular weight is 1060 g/mol. The van der Waals surface area contributed by atoms with Gasteiger partial charge in [-0.05, 0) is 86.6 Å². The van der Waals surface area contributed by atoms with Crippen LogP contribution in [-0.2, 0) is 42.8 Å². The standard InChI is InChI=1S/C50H50F9N7O7S/c1-47(2,3)42(44(69)64-24-30(67)20-35(64)41-43(73-41)62-22-26-11-7-6-8-12-26)63-36(68)25-71-15-9-10-16-72-40-32(51)17-28(18-33(40)52)39-31(49(54,55)56)19-29(23-61-39)66-46(74)65(45(70)48(66,4)5)34-14-13-27(21-60)37(38(34)53)50(57,58)59/h6-8,11-14,17-19,23,30,35,41-43,62,67H,9-10,15-16,20,22,24-25H2,1-5H3,(H,63,68)/t30-,35+,41?,42-,43?/m1/s1. The number of ether oxygens (including phenoxy) is 3. The molecule has 0 spiro atoms. The number of aliphatic hydroxyl groups excluding tert-OH is 1. The number of alkyl halides is 6. The molecular formula is C50H50F9N7O7S. The molecule has 7 rings (SSSR count). The zero-order valence-corrected chi connectivity index (χ0v) is 41.2. The van der Waals surface area contributed by atoms with Crippen molar-refractivity contribution in [3.8, 4) is 23.1 Å². The first-order valence-electron chi connectivity index (χ1n) is 23.1. The van der Waals surface area contributed by atoms with Crippen LogP contribution in [0.3, 0.4) is 0 Å². The molecule has 74 heavy (non-hydrogen) atoms. The number of amides is 3. The van der Waals surface area contributed by atoms with Gasteiger partial charge in [0.2, 0.25) is 11.8 Å². The number of carbonyl (C=O) groups is 3. The molecule has 14 nitrogen and oxygen atoms in total. The quantitative estimate of drug-likeness (QED) is 0.0402. The van der Waals surface area contributed by atoms with Crippen LogP contribution in [0.2, 0.25) is 0 Å². The smallest absolute Gasteiger partial charge is 0.420 e. The highest BCUT2D eigenvalue weighted by atomic mass is 32.1. The molecule has 4 heterocycles. The van der Waals surface area contributed by atoms with Crippen LogP contribution in [0.25, 0.3) is 11.3 Å². The number of pyridine rings is 1. The number of likely N-dealkylation sites (tertiary alicyclic amines) is 1. The van der Waals surface area contributed by atoms with E-state index < -0.39 is 128 Å². The Bertz CT molecular complexity index is 2820. The average Bonchev–Trinajstić information content (AvgIpc) is 3.95. The largest absolute Gasteiger partial charge is 0.488 e. The van der Waals surface area contributed by atoms with Gasteiger partial charge in [-0.2, -0.15) is 31.6 Å². The molecule has 3 aromatic carbocycles. The molecule has 0 saturated carbocycles. The second-order valence-corrected chi connectivity index (χ2v) is 19.8. The third-order valence-corrected chi connectivity index (χ3v) is 12.9. The Labute approximate surface area is 424 Å². The Morgan fingerprint density at radius 3 is 2.27 bits per heavy atom. The van der Waals surface area contributed by atoms with E-state index in [1.165, 1.54) is 6.07 Å². The second-order valence-electron chi connectivity index (χ2n) is 19.4. The van der Waals surface area contributed by atoms with Crippen molar-refractivity contribution in [1.29, 1.82) is 5.26 Å². The van der Waals surface area contributed by atoms with Gasteiger partial charge in [-0.1, -0.05) is 51.1 Å². The van der Waals surface area contributed by atoms with E-state index in [-0.39, 0.29) is 50.8 Å². The van der Waals surface area contributed by atoms with Gasteiger partial charge in [0, 0.05) is 25.3 Å². The lowest BCUT2D eigenvalue weighted by Crippen LogP contribution is -2.57. The van der Waals surface area contributed by atoms with Gasteiger partial charge in [-0.3, -0.25) is 29.6 Å². The lowest BCUT2D eigenvalue weighted by molar-refractivity contribution is -0.141. The number of epoxide rings is 1. The monoisotopic (exact) mass is 1060 g/mol. The highest BCUT2D eigenvalue weighted by Crippen LogP contribution is 2.45. The molecule has 3 amide bonds. The van der Waals surface area contributed by atoms with Gasteiger partial charge in [-0.15, -0.1) is 0 Å². The normalized spacial score (nSPS) is 20.2. The Balaban J connectivity index is 0.935. The highest BCUT2D eigenvalue weighted by Gasteiger charge is 2.54. The Kier molecular flexibility index (Phi) is 16.0. The number of nitriles is 1. The topological polar surface area (TPSA) is 173 Å². The number of thiocarbonyl (C=S) groups is 1. The fourth-order valence-corrected chi connectivity index (χ4v) is 9.39. The number of aliphatic hydroxyl groups is 1. The Morgan fingerprint density at radius 1 is 0.986 bits per heavy atom. The first-order chi connectivity index (χ1) is 34.6. The maximum atomic E-state index is 15.5. The third-order valence-electron chi connectivity index (χ3n) is 12.6. The zero-order chi connectivity index (χ0) is 54.2. The Morgan fingerprint density at radius 2 is 1.65 bits per heavy atom. The number of carbonyl (C=O) groups excluding carboxylic acids is 3. The molecule has 2 unspecified atom stereocenters. The van der Waals surface area contributed by atoms with Crippen LogP contribution in [0.1, 0.15) is 76.1 Å². The third kappa shape index (κ3) is 11.8. The van der Waals surface area contributed by atoms with E-state index >= 15 is 13.2 Å². The van der Waals surface area contributed by atoms with Crippen molar-refractivity contribution < 1.29 is 73.2 Å². The van der Waals surface area contributed by atoms with E-state index in [1.54, 1.807) is 25.7 Å². The summed E-state index contributed by atoms with van der Waals surface area (Å²) in [7, 11) is 0. The molecule has 396 valence electrons. The summed E-state index contributed by atoms with van der Waals surface area (Å²) >= 11 is 5.33. The van der Waals surface area contributed by atoms with Gasteiger partial charge < -0.3 is 34.4 Å². The number of β-amino-alcohol motifs (C(OH)–C–C–N with tert-alkyl or cyclic N) is 1. The first kappa shape index (κ1) is 55.4. The van der Waals surface area contributed by atoms with Gasteiger partial charge in [0.15, 0.2) is 28.3 Å².